The van der Waals surface area contributed by atoms with E-state index in [2.05, 4.69) is 0 Å². The summed E-state index contributed by atoms with van der Waals surface area (Å²) in [6, 6.07) is 0. The first-order chi connectivity index (χ1) is 1.73. The Bertz CT molecular complexity index is 31.8. The van der Waals surface area contributed by atoms with Gasteiger partial charge in [0.1, 0.15) is 0 Å². The summed E-state index contributed by atoms with van der Waals surface area (Å²) < 4.78 is 0. The number of carbonyl (C=O) groups is 1. The van der Waals surface area contributed by atoms with Crippen molar-refractivity contribution in [2.24, 2.45) is 0 Å². The molecular formula is CH2Au2O3. The molecule has 2 N–H and O–H groups in total. The molecule has 0 aromatic carbocycles. The second-order valence-electron chi connectivity index (χ2n) is 0.283. The molecule has 0 amide bonds. The fourth-order valence-corrected chi connectivity index (χ4v) is 0. The largest absolute Gasteiger partial charge is 0.503 e. The van der Waals surface area contributed by atoms with Crippen LogP contribution in [0.2, 0.25) is 0 Å². The molecule has 0 aliphatic heterocycles. The van der Waals surface area contributed by atoms with Crippen molar-refractivity contribution < 1.29 is 59.8 Å². The zero-order chi connectivity index (χ0) is 3.58. The van der Waals surface area contributed by atoms with E-state index in [1.54, 1.807) is 0 Å². The average Bonchev–Trinajstić information content (AvgIpc) is 0.811. The Labute approximate surface area is 65.8 Å². The number of rotatable bonds is 0. The molecule has 0 aliphatic rings. The van der Waals surface area contributed by atoms with Gasteiger partial charge in [-0.25, -0.2) is 4.79 Å². The van der Waals surface area contributed by atoms with Gasteiger partial charge in [0.05, 0.1) is 0 Å². The minimum absolute atomic E-state index is 0. The number of hydrogen-bond acceptors (Lipinski definition) is 1. The van der Waals surface area contributed by atoms with Crippen molar-refractivity contribution in [3.05, 3.63) is 0 Å². The summed E-state index contributed by atoms with van der Waals surface area (Å²) in [5.41, 5.74) is 0. The van der Waals surface area contributed by atoms with Crippen LogP contribution in [-0.2, 0) is 44.8 Å². The van der Waals surface area contributed by atoms with Crippen LogP contribution in [0.4, 0.5) is 4.79 Å². The van der Waals surface area contributed by atoms with Gasteiger partial charge < -0.3 is 10.2 Å². The minimum atomic E-state index is -1.83. The molecule has 0 aromatic heterocycles. The predicted molar refractivity (Wildman–Crippen MR) is 10.7 cm³/mol. The first-order valence-corrected chi connectivity index (χ1v) is 0.651. The molecule has 6 heavy (non-hydrogen) atoms. The van der Waals surface area contributed by atoms with Crippen molar-refractivity contribution in [2.75, 3.05) is 0 Å². The Morgan fingerprint density at radius 3 is 1.17 bits per heavy atom. The first kappa shape index (κ1) is 15.9. The van der Waals surface area contributed by atoms with Crippen molar-refractivity contribution in [3.8, 4) is 0 Å². The fraction of sp³-hybridized carbons (Fsp3) is 0. The maximum absolute atomic E-state index is 8.56. The summed E-state index contributed by atoms with van der Waals surface area (Å²) in [4.78, 5) is 8.56. The van der Waals surface area contributed by atoms with Crippen LogP contribution < -0.4 is 0 Å². The van der Waals surface area contributed by atoms with E-state index in [1.165, 1.54) is 0 Å². The molecule has 0 aromatic rings. The van der Waals surface area contributed by atoms with Gasteiger partial charge in [0.25, 0.3) is 0 Å². The summed E-state index contributed by atoms with van der Waals surface area (Å²) in [6.45, 7) is 0. The van der Waals surface area contributed by atoms with E-state index in [-0.39, 0.29) is 44.8 Å². The molecule has 0 unspecified atom stereocenters. The van der Waals surface area contributed by atoms with E-state index >= 15 is 0 Å². The van der Waals surface area contributed by atoms with Gasteiger partial charge in [-0.2, -0.15) is 0 Å². The van der Waals surface area contributed by atoms with Gasteiger partial charge in [0, 0.05) is 44.8 Å². The SMILES string of the molecule is O=C(O)O.[Au].[Au]. The molecule has 0 atom stereocenters. The zero-order valence-electron chi connectivity index (χ0n) is 2.41. The molecule has 0 rings (SSSR count). The Morgan fingerprint density at radius 1 is 1.17 bits per heavy atom. The van der Waals surface area contributed by atoms with Crippen molar-refractivity contribution in [3.63, 3.8) is 0 Å². The summed E-state index contributed by atoms with van der Waals surface area (Å²) in [7, 11) is 0. The van der Waals surface area contributed by atoms with Crippen LogP contribution in [0.15, 0.2) is 0 Å². The predicted octanol–water partition coefficient (Wildman–Crippen LogP) is 0.217. The van der Waals surface area contributed by atoms with Gasteiger partial charge in [0.2, 0.25) is 0 Å². The van der Waals surface area contributed by atoms with Gasteiger partial charge in [-0.05, 0) is 0 Å². The maximum Gasteiger partial charge on any atom is 0.503 e. The third-order valence-corrected chi connectivity index (χ3v) is 0. The van der Waals surface area contributed by atoms with E-state index in [4.69, 9.17) is 15.0 Å². The molecule has 0 saturated heterocycles. The Kier molecular flexibility index (Phi) is 24.4. The van der Waals surface area contributed by atoms with Crippen LogP contribution >= 0.6 is 0 Å². The van der Waals surface area contributed by atoms with E-state index < -0.39 is 6.16 Å². The first-order valence-electron chi connectivity index (χ1n) is 0.651. The van der Waals surface area contributed by atoms with Crippen molar-refractivity contribution in [1.82, 2.24) is 0 Å². The molecule has 46 valence electrons. The molecule has 2 radical (unpaired) electrons. The van der Waals surface area contributed by atoms with Crippen LogP contribution in [0.3, 0.4) is 0 Å². The molecule has 0 fully saturated rings. The van der Waals surface area contributed by atoms with Gasteiger partial charge in [0.15, 0.2) is 0 Å². The number of carboxylic acid groups (broad SMARTS) is 2. The van der Waals surface area contributed by atoms with Crippen LogP contribution in [0, 0.1) is 0 Å². The van der Waals surface area contributed by atoms with E-state index in [1.807, 2.05) is 0 Å². The third kappa shape index (κ3) is 119. The molecule has 5 heteroatoms. The van der Waals surface area contributed by atoms with Gasteiger partial charge >= 0.3 is 6.16 Å². The zero-order valence-corrected chi connectivity index (χ0v) is 6.74. The monoisotopic (exact) mass is 456 g/mol. The quantitative estimate of drug-likeness (QED) is 0.514. The normalized spacial score (nSPS) is 4.00. The van der Waals surface area contributed by atoms with E-state index in [0.29, 0.717) is 0 Å². The third-order valence-electron chi connectivity index (χ3n) is 0. The van der Waals surface area contributed by atoms with Crippen molar-refractivity contribution in [2.45, 2.75) is 0 Å². The van der Waals surface area contributed by atoms with Crippen LogP contribution in [0.25, 0.3) is 0 Å². The average molecular weight is 456 g/mol. The van der Waals surface area contributed by atoms with Gasteiger partial charge in [-0.3, -0.25) is 0 Å². The van der Waals surface area contributed by atoms with Crippen LogP contribution in [0.1, 0.15) is 0 Å². The number of hydrogen-bond donors (Lipinski definition) is 2. The summed E-state index contributed by atoms with van der Waals surface area (Å²) in [5.74, 6) is 0. The van der Waals surface area contributed by atoms with Crippen LogP contribution in [0.5, 0.6) is 0 Å². The second kappa shape index (κ2) is 9.23. The van der Waals surface area contributed by atoms with Gasteiger partial charge in [-0.15, -0.1) is 0 Å². The van der Waals surface area contributed by atoms with Crippen LogP contribution in [-0.4, -0.2) is 16.4 Å². The van der Waals surface area contributed by atoms with Crippen molar-refractivity contribution >= 4 is 6.16 Å². The molecule has 0 aliphatic carbocycles. The molecule has 3 nitrogen and oxygen atoms in total. The Hall–Kier alpha value is 0.751. The van der Waals surface area contributed by atoms with Crippen molar-refractivity contribution in [1.29, 1.82) is 0 Å². The maximum atomic E-state index is 8.56. The molecule has 0 heterocycles. The molecule has 0 spiro atoms. The minimum Gasteiger partial charge on any atom is -0.450 e. The van der Waals surface area contributed by atoms with E-state index in [0.717, 1.165) is 0 Å². The summed E-state index contributed by atoms with van der Waals surface area (Å²) in [5, 5.41) is 13.9. The smallest absolute Gasteiger partial charge is 0.450 e. The fourth-order valence-electron chi connectivity index (χ4n) is 0. The van der Waals surface area contributed by atoms with E-state index in [9.17, 15) is 0 Å². The molecular weight excluding hydrogens is 454 g/mol. The standard InChI is InChI=1S/CH2O3.2Au/c2-1(3)4;;/h(H2,2,3,4);;. The second-order valence-corrected chi connectivity index (χ2v) is 0.283. The Morgan fingerprint density at radius 2 is 1.17 bits per heavy atom. The molecule has 0 bridgehead atoms. The molecule has 0 saturated carbocycles. The topological polar surface area (TPSA) is 57.5 Å². The van der Waals surface area contributed by atoms with Gasteiger partial charge in [-0.1, -0.05) is 0 Å². The summed E-state index contributed by atoms with van der Waals surface area (Å²) in [6.07, 6.45) is -1.83. The Balaban J connectivity index is -0.0000000450. The summed E-state index contributed by atoms with van der Waals surface area (Å²) >= 11 is 0.